The summed E-state index contributed by atoms with van der Waals surface area (Å²) in [6.07, 6.45) is 1.35. The summed E-state index contributed by atoms with van der Waals surface area (Å²) >= 11 is 7.61. The lowest BCUT2D eigenvalue weighted by Gasteiger charge is -2.31. The molecule has 2 aromatic heterocycles. The van der Waals surface area contributed by atoms with Gasteiger partial charge in [-0.05, 0) is 49.6 Å². The molecule has 0 atom stereocenters. The quantitative estimate of drug-likeness (QED) is 0.415. The van der Waals surface area contributed by atoms with Crippen molar-refractivity contribution >= 4 is 45.0 Å². The Hall–Kier alpha value is -3.16. The highest BCUT2D eigenvalue weighted by molar-refractivity contribution is 7.20. The van der Waals surface area contributed by atoms with Gasteiger partial charge in [-0.25, -0.2) is 4.68 Å². The molecular weight excluding hydrogens is 468 g/mol. The monoisotopic (exact) mass is 492 g/mol. The number of benzene rings is 2. The van der Waals surface area contributed by atoms with Crippen molar-refractivity contribution in [2.24, 2.45) is 5.92 Å². The molecule has 0 radical (unpaired) electrons. The van der Waals surface area contributed by atoms with Crippen LogP contribution in [0.5, 0.6) is 0 Å². The SMILES string of the molecule is Cc1nn(-c2cccc(Cl)c2)c2sc(C(=O)N3CCC(C(=O)NCc4ccccc4)CC3)cc12. The number of hydrogen-bond donors (Lipinski definition) is 1. The van der Waals surface area contributed by atoms with Crippen molar-refractivity contribution < 1.29 is 9.59 Å². The second kappa shape index (κ2) is 9.60. The van der Waals surface area contributed by atoms with Crippen molar-refractivity contribution in [1.29, 1.82) is 0 Å². The zero-order valence-corrected chi connectivity index (χ0v) is 20.4. The predicted molar refractivity (Wildman–Crippen MR) is 136 cm³/mol. The molecule has 1 fully saturated rings. The molecule has 5 rings (SSSR count). The summed E-state index contributed by atoms with van der Waals surface area (Å²) in [6.45, 7) is 3.64. The summed E-state index contributed by atoms with van der Waals surface area (Å²) in [7, 11) is 0. The maximum atomic E-state index is 13.3. The van der Waals surface area contributed by atoms with E-state index in [0.717, 1.165) is 27.2 Å². The number of nitrogens with zero attached hydrogens (tertiary/aromatic N) is 3. The van der Waals surface area contributed by atoms with Crippen molar-refractivity contribution in [3.63, 3.8) is 0 Å². The Morgan fingerprint density at radius 3 is 2.59 bits per heavy atom. The standard InChI is InChI=1S/C26H25ClN4O2S/c1-17-22-15-23(34-26(22)31(29-17)21-9-5-8-20(27)14-21)25(33)30-12-10-19(11-13-30)24(32)28-16-18-6-3-2-4-7-18/h2-9,14-15,19H,10-13,16H2,1H3,(H,28,32). The number of carbonyl (C=O) groups is 2. The largest absolute Gasteiger partial charge is 0.352 e. The van der Waals surface area contributed by atoms with E-state index < -0.39 is 0 Å². The number of nitrogens with one attached hydrogen (secondary N) is 1. The Labute approximate surface area is 207 Å². The van der Waals surface area contributed by atoms with Gasteiger partial charge in [-0.3, -0.25) is 9.59 Å². The maximum absolute atomic E-state index is 13.3. The van der Waals surface area contributed by atoms with Crippen LogP contribution < -0.4 is 5.32 Å². The minimum atomic E-state index is -0.0613. The number of carbonyl (C=O) groups excluding carboxylic acids is 2. The second-order valence-corrected chi connectivity index (χ2v) is 10.0. The first-order valence-corrected chi connectivity index (χ1v) is 12.5. The van der Waals surface area contributed by atoms with Crippen molar-refractivity contribution in [3.8, 4) is 5.69 Å². The van der Waals surface area contributed by atoms with Gasteiger partial charge < -0.3 is 10.2 Å². The summed E-state index contributed by atoms with van der Waals surface area (Å²) < 4.78 is 1.85. The Bertz CT molecular complexity index is 1340. The molecule has 4 aromatic rings. The van der Waals surface area contributed by atoms with Gasteiger partial charge in [0.25, 0.3) is 5.91 Å². The van der Waals surface area contributed by atoms with E-state index in [9.17, 15) is 9.59 Å². The fourth-order valence-corrected chi connectivity index (χ4v) is 5.70. The van der Waals surface area contributed by atoms with Crippen LogP contribution >= 0.6 is 22.9 Å². The summed E-state index contributed by atoms with van der Waals surface area (Å²) in [5, 5.41) is 9.29. The number of aromatic nitrogens is 2. The number of aryl methyl sites for hydroxylation is 1. The van der Waals surface area contributed by atoms with E-state index in [1.807, 2.05) is 77.2 Å². The van der Waals surface area contributed by atoms with Crippen LogP contribution in [0.1, 0.15) is 33.8 Å². The molecule has 0 aliphatic carbocycles. The lowest BCUT2D eigenvalue weighted by molar-refractivity contribution is -0.126. The van der Waals surface area contributed by atoms with Crippen LogP contribution in [0.3, 0.4) is 0 Å². The molecule has 0 spiro atoms. The number of thiophene rings is 1. The number of piperidine rings is 1. The molecule has 0 saturated carbocycles. The fraction of sp³-hybridized carbons (Fsp3) is 0.269. The summed E-state index contributed by atoms with van der Waals surface area (Å²) in [6, 6.07) is 19.4. The number of rotatable bonds is 5. The van der Waals surface area contributed by atoms with Crippen LogP contribution in [0.2, 0.25) is 5.02 Å². The molecule has 2 aromatic carbocycles. The average Bonchev–Trinajstić information content (AvgIpc) is 3.43. The lowest BCUT2D eigenvalue weighted by atomic mass is 9.95. The number of halogens is 1. The van der Waals surface area contributed by atoms with Crippen LogP contribution in [0.15, 0.2) is 60.7 Å². The molecule has 2 amide bonds. The minimum Gasteiger partial charge on any atom is -0.352 e. The zero-order chi connectivity index (χ0) is 23.7. The highest BCUT2D eigenvalue weighted by Crippen LogP contribution is 2.32. The van der Waals surface area contributed by atoms with Crippen molar-refractivity contribution in [2.45, 2.75) is 26.3 Å². The Morgan fingerprint density at radius 1 is 1.09 bits per heavy atom. The lowest BCUT2D eigenvalue weighted by Crippen LogP contribution is -2.42. The average molecular weight is 493 g/mol. The third kappa shape index (κ3) is 4.58. The maximum Gasteiger partial charge on any atom is 0.264 e. The Morgan fingerprint density at radius 2 is 1.85 bits per heavy atom. The molecule has 1 aliphatic heterocycles. The Kier molecular flexibility index (Phi) is 6.39. The second-order valence-electron chi connectivity index (χ2n) is 8.58. The van der Waals surface area contributed by atoms with Crippen LogP contribution in [0, 0.1) is 12.8 Å². The molecule has 34 heavy (non-hydrogen) atoms. The van der Waals surface area contributed by atoms with Crippen molar-refractivity contribution in [1.82, 2.24) is 20.0 Å². The van der Waals surface area contributed by atoms with Gasteiger partial charge in [0.15, 0.2) is 0 Å². The number of hydrogen-bond acceptors (Lipinski definition) is 4. The number of likely N-dealkylation sites (tertiary alicyclic amines) is 1. The highest BCUT2D eigenvalue weighted by atomic mass is 35.5. The van der Waals surface area contributed by atoms with Gasteiger partial charge in [0.2, 0.25) is 5.91 Å². The number of fused-ring (bicyclic) bond motifs is 1. The third-order valence-electron chi connectivity index (χ3n) is 6.27. The van der Waals surface area contributed by atoms with Gasteiger partial charge in [-0.1, -0.05) is 48.0 Å². The zero-order valence-electron chi connectivity index (χ0n) is 18.8. The van der Waals surface area contributed by atoms with Gasteiger partial charge in [0, 0.05) is 36.0 Å². The first kappa shape index (κ1) is 22.6. The van der Waals surface area contributed by atoms with Crippen molar-refractivity contribution in [2.75, 3.05) is 13.1 Å². The van der Waals surface area contributed by atoms with E-state index in [4.69, 9.17) is 11.6 Å². The molecule has 1 N–H and O–H groups in total. The van der Waals surface area contributed by atoms with Crippen molar-refractivity contribution in [3.05, 3.63) is 81.8 Å². The molecule has 1 aliphatic rings. The summed E-state index contributed by atoms with van der Waals surface area (Å²) in [5.74, 6) is 0.0187. The van der Waals surface area contributed by atoms with Gasteiger partial charge >= 0.3 is 0 Å². The highest BCUT2D eigenvalue weighted by Gasteiger charge is 2.29. The van der Waals surface area contributed by atoms with Crippen LogP contribution in [-0.2, 0) is 11.3 Å². The van der Waals surface area contributed by atoms with Gasteiger partial charge in [-0.2, -0.15) is 5.10 Å². The molecule has 8 heteroatoms. The van der Waals surface area contributed by atoms with E-state index in [1.54, 1.807) is 0 Å². The molecule has 1 saturated heterocycles. The molecule has 174 valence electrons. The first-order chi connectivity index (χ1) is 16.5. The molecule has 0 bridgehead atoms. The van der Waals surface area contributed by atoms with Gasteiger partial charge in [0.1, 0.15) is 4.83 Å². The van der Waals surface area contributed by atoms with E-state index >= 15 is 0 Å². The van der Waals surface area contributed by atoms with E-state index in [-0.39, 0.29) is 17.7 Å². The summed E-state index contributed by atoms with van der Waals surface area (Å²) in [4.78, 5) is 29.3. The number of amides is 2. The normalized spacial score (nSPS) is 14.5. The predicted octanol–water partition coefficient (Wildman–Crippen LogP) is 5.22. The molecule has 0 unspecified atom stereocenters. The third-order valence-corrected chi connectivity index (χ3v) is 7.60. The fourth-order valence-electron chi connectivity index (χ4n) is 4.37. The first-order valence-electron chi connectivity index (χ1n) is 11.4. The van der Waals surface area contributed by atoms with Gasteiger partial charge in [0.05, 0.1) is 16.3 Å². The van der Waals surface area contributed by atoms with Crippen LogP contribution in [0.25, 0.3) is 15.9 Å². The smallest absolute Gasteiger partial charge is 0.264 e. The van der Waals surface area contributed by atoms with Crippen LogP contribution in [0.4, 0.5) is 0 Å². The Balaban J connectivity index is 1.24. The van der Waals surface area contributed by atoms with Gasteiger partial charge in [-0.15, -0.1) is 11.3 Å². The summed E-state index contributed by atoms with van der Waals surface area (Å²) in [5.41, 5.74) is 2.83. The van der Waals surface area contributed by atoms with Crippen LogP contribution in [-0.4, -0.2) is 39.6 Å². The molecule has 6 nitrogen and oxygen atoms in total. The van der Waals surface area contributed by atoms with E-state index in [0.29, 0.717) is 42.4 Å². The minimum absolute atomic E-state index is 0.0152. The van der Waals surface area contributed by atoms with E-state index in [1.165, 1.54) is 11.3 Å². The topological polar surface area (TPSA) is 67.2 Å². The molecule has 3 heterocycles. The molecular formula is C26H25ClN4O2S. The van der Waals surface area contributed by atoms with E-state index in [2.05, 4.69) is 10.4 Å².